The minimum absolute atomic E-state index is 0.403. The summed E-state index contributed by atoms with van der Waals surface area (Å²) < 4.78 is 30.5. The van der Waals surface area contributed by atoms with Gasteiger partial charge in [0, 0.05) is 17.5 Å². The molecule has 1 atom stereocenters. The molecule has 2 aromatic carbocycles. The minimum atomic E-state index is -3.68. The van der Waals surface area contributed by atoms with Gasteiger partial charge in [0.1, 0.15) is 5.54 Å². The van der Waals surface area contributed by atoms with Gasteiger partial charge in [0.25, 0.3) is 10.2 Å². The van der Waals surface area contributed by atoms with Crippen LogP contribution in [0.1, 0.15) is 32.8 Å². The van der Waals surface area contributed by atoms with Crippen molar-refractivity contribution in [3.63, 3.8) is 0 Å². The van der Waals surface area contributed by atoms with E-state index in [4.69, 9.17) is 11.6 Å². The summed E-state index contributed by atoms with van der Waals surface area (Å²) >= 11 is 6.08. The number of hydrogen-bond donors (Lipinski definition) is 3. The van der Waals surface area contributed by atoms with Gasteiger partial charge < -0.3 is 5.11 Å². The van der Waals surface area contributed by atoms with E-state index < -0.39 is 21.3 Å². The molecule has 7 nitrogen and oxygen atoms in total. The van der Waals surface area contributed by atoms with Crippen LogP contribution in [0.4, 0.5) is 5.69 Å². The number of aromatic nitrogens is 2. The Morgan fingerprint density at radius 2 is 1.83 bits per heavy atom. The molecule has 0 bridgehead atoms. The average molecular weight is 437 g/mol. The molecule has 1 heterocycles. The summed E-state index contributed by atoms with van der Waals surface area (Å²) in [6.45, 7) is 5.46. The van der Waals surface area contributed by atoms with E-state index in [0.717, 1.165) is 5.56 Å². The lowest BCUT2D eigenvalue weighted by Gasteiger charge is -2.44. The normalized spacial score (nSPS) is 14.7. The van der Waals surface area contributed by atoms with Crippen molar-refractivity contribution in [1.82, 2.24) is 14.5 Å². The number of nitrogens with zero attached hydrogens (tertiary/aromatic N) is 2. The van der Waals surface area contributed by atoms with Crippen LogP contribution < -0.4 is 9.44 Å². The molecule has 29 heavy (non-hydrogen) atoms. The fourth-order valence-corrected chi connectivity index (χ4v) is 4.58. The molecule has 9 heteroatoms. The molecule has 1 unspecified atom stereocenters. The Morgan fingerprint density at radius 1 is 1.17 bits per heavy atom. The van der Waals surface area contributed by atoms with Crippen LogP contribution in [-0.2, 0) is 15.7 Å². The number of aliphatic hydroxyl groups is 1. The number of benzene rings is 2. The Morgan fingerprint density at radius 3 is 2.38 bits per heavy atom. The summed E-state index contributed by atoms with van der Waals surface area (Å²) in [6, 6.07) is 12.6. The van der Waals surface area contributed by atoms with Gasteiger partial charge in [-0.25, -0.2) is 4.72 Å². The molecule has 0 aliphatic heterocycles. The van der Waals surface area contributed by atoms with Crippen molar-refractivity contribution in [2.24, 2.45) is 0 Å². The van der Waals surface area contributed by atoms with Crippen molar-refractivity contribution in [3.05, 3.63) is 59.2 Å². The standard InChI is InChI=1S/C20H25ClN4O3S/c1-5-20(19(2,3)26,14-9-11-15(21)12-10-14)25-18-8-6-7-17(16(18)13-23-25)24-29(27,28)22-4/h6-13,22,24,26H,5H2,1-4H3. The third-order valence-corrected chi connectivity index (χ3v) is 6.61. The third kappa shape index (κ3) is 3.73. The van der Waals surface area contributed by atoms with Crippen LogP contribution >= 0.6 is 11.6 Å². The fraction of sp³-hybridized carbons (Fsp3) is 0.350. The maximum Gasteiger partial charge on any atom is 0.298 e. The van der Waals surface area contributed by atoms with E-state index >= 15 is 0 Å². The maximum absolute atomic E-state index is 12.0. The van der Waals surface area contributed by atoms with Gasteiger partial charge in [-0.2, -0.15) is 13.5 Å². The van der Waals surface area contributed by atoms with E-state index in [-0.39, 0.29) is 0 Å². The summed E-state index contributed by atoms with van der Waals surface area (Å²) in [7, 11) is -2.35. The Kier molecular flexibility index (Phi) is 5.66. The summed E-state index contributed by atoms with van der Waals surface area (Å²) in [5.74, 6) is 0. The lowest BCUT2D eigenvalue weighted by molar-refractivity contribution is -0.0297. The molecule has 0 saturated carbocycles. The van der Waals surface area contributed by atoms with Crippen LogP contribution in [0.25, 0.3) is 10.9 Å². The maximum atomic E-state index is 12.0. The van der Waals surface area contributed by atoms with Crippen LogP contribution in [0, 0.1) is 0 Å². The topological polar surface area (TPSA) is 96.2 Å². The zero-order chi connectivity index (χ0) is 21.4. The third-order valence-electron chi connectivity index (χ3n) is 5.33. The van der Waals surface area contributed by atoms with Gasteiger partial charge in [0.15, 0.2) is 0 Å². The first-order valence-corrected chi connectivity index (χ1v) is 11.1. The Balaban J connectivity index is 2.29. The first kappa shape index (κ1) is 21.6. The van der Waals surface area contributed by atoms with Gasteiger partial charge >= 0.3 is 0 Å². The van der Waals surface area contributed by atoms with Gasteiger partial charge in [-0.15, -0.1) is 0 Å². The van der Waals surface area contributed by atoms with Gasteiger partial charge in [0.05, 0.1) is 23.0 Å². The molecule has 0 amide bonds. The Bertz CT molecular complexity index is 1120. The van der Waals surface area contributed by atoms with Gasteiger partial charge in [-0.1, -0.05) is 36.7 Å². The number of halogens is 1. The Hall–Kier alpha value is -2.13. The smallest absolute Gasteiger partial charge is 0.298 e. The van der Waals surface area contributed by atoms with Crippen LogP contribution in [0.2, 0.25) is 5.02 Å². The van der Waals surface area contributed by atoms with E-state index in [9.17, 15) is 13.5 Å². The first-order chi connectivity index (χ1) is 13.6. The van der Waals surface area contributed by atoms with E-state index in [1.165, 1.54) is 7.05 Å². The highest BCUT2D eigenvalue weighted by atomic mass is 35.5. The summed E-state index contributed by atoms with van der Waals surface area (Å²) in [6.07, 6.45) is 2.15. The zero-order valence-electron chi connectivity index (χ0n) is 16.8. The highest BCUT2D eigenvalue weighted by Gasteiger charge is 2.47. The lowest BCUT2D eigenvalue weighted by atomic mass is 9.74. The van der Waals surface area contributed by atoms with E-state index in [1.807, 2.05) is 25.1 Å². The van der Waals surface area contributed by atoms with Crippen molar-refractivity contribution >= 4 is 38.4 Å². The van der Waals surface area contributed by atoms with Crippen molar-refractivity contribution < 1.29 is 13.5 Å². The fourth-order valence-electron chi connectivity index (χ4n) is 3.89. The molecule has 1 aromatic heterocycles. The highest BCUT2D eigenvalue weighted by molar-refractivity contribution is 7.90. The molecule has 156 valence electrons. The molecule has 0 fully saturated rings. The monoisotopic (exact) mass is 436 g/mol. The van der Waals surface area contributed by atoms with Crippen LogP contribution in [0.5, 0.6) is 0 Å². The van der Waals surface area contributed by atoms with Gasteiger partial charge in [0.2, 0.25) is 0 Å². The Labute approximate surface area is 175 Å². The summed E-state index contributed by atoms with van der Waals surface area (Å²) in [5.41, 5.74) is -0.141. The average Bonchev–Trinajstić information content (AvgIpc) is 3.08. The van der Waals surface area contributed by atoms with Crippen LogP contribution in [0.15, 0.2) is 48.7 Å². The van der Waals surface area contributed by atoms with E-state index in [2.05, 4.69) is 14.5 Å². The zero-order valence-corrected chi connectivity index (χ0v) is 18.3. The molecule has 3 aromatic rings. The molecule has 0 saturated heterocycles. The predicted octanol–water partition coefficient (Wildman–Crippen LogP) is 3.49. The largest absolute Gasteiger partial charge is 0.388 e. The highest BCUT2D eigenvalue weighted by Crippen LogP contribution is 2.42. The van der Waals surface area contributed by atoms with Crippen molar-refractivity contribution in [3.8, 4) is 0 Å². The second kappa shape index (κ2) is 7.60. The minimum Gasteiger partial charge on any atom is -0.388 e. The summed E-state index contributed by atoms with van der Waals surface area (Å²) in [4.78, 5) is 0. The lowest BCUT2D eigenvalue weighted by Crippen LogP contribution is -2.53. The van der Waals surface area contributed by atoms with Crippen LogP contribution in [-0.4, -0.2) is 36.0 Å². The number of anilines is 1. The molecule has 0 aliphatic rings. The number of hydrogen-bond acceptors (Lipinski definition) is 4. The molecular formula is C20H25ClN4O3S. The van der Waals surface area contributed by atoms with Crippen molar-refractivity contribution in [1.29, 1.82) is 0 Å². The number of rotatable bonds is 7. The second-order valence-electron chi connectivity index (χ2n) is 7.38. The van der Waals surface area contributed by atoms with Crippen molar-refractivity contribution in [2.45, 2.75) is 38.3 Å². The number of fused-ring (bicyclic) bond motifs is 1. The van der Waals surface area contributed by atoms with Crippen molar-refractivity contribution in [2.75, 3.05) is 11.8 Å². The molecule has 3 rings (SSSR count). The molecule has 0 spiro atoms. The van der Waals surface area contributed by atoms with Gasteiger partial charge in [-0.05, 0) is 50.1 Å². The molecule has 0 aliphatic carbocycles. The predicted molar refractivity (Wildman–Crippen MR) is 116 cm³/mol. The number of nitrogens with one attached hydrogen (secondary N) is 2. The molecule has 0 radical (unpaired) electrons. The SMILES string of the molecule is CCC(c1ccc(Cl)cc1)(n1ncc2c(NS(=O)(=O)NC)cccc21)C(C)(C)O. The first-order valence-electron chi connectivity index (χ1n) is 9.22. The second-order valence-corrected chi connectivity index (χ2v) is 9.44. The summed E-state index contributed by atoms with van der Waals surface area (Å²) in [5, 5.41) is 17.1. The molecular weight excluding hydrogens is 412 g/mol. The van der Waals surface area contributed by atoms with Crippen LogP contribution in [0.3, 0.4) is 0 Å². The quantitative estimate of drug-likeness (QED) is 0.528. The van der Waals surface area contributed by atoms with E-state index in [1.54, 1.807) is 49.0 Å². The molecule has 3 N–H and O–H groups in total. The van der Waals surface area contributed by atoms with E-state index in [0.29, 0.717) is 28.0 Å². The van der Waals surface area contributed by atoms with Gasteiger partial charge in [-0.3, -0.25) is 9.40 Å².